The van der Waals surface area contributed by atoms with Crippen molar-refractivity contribution in [3.63, 3.8) is 0 Å². The summed E-state index contributed by atoms with van der Waals surface area (Å²) in [4.78, 5) is 2.79. The van der Waals surface area contributed by atoms with E-state index in [4.69, 9.17) is 5.73 Å². The Morgan fingerprint density at radius 1 is 1.12 bits per heavy atom. The molecule has 2 rings (SSSR count). The average Bonchev–Trinajstić information content (AvgIpc) is 2.80. The van der Waals surface area contributed by atoms with Crippen LogP contribution in [0.3, 0.4) is 0 Å². The van der Waals surface area contributed by atoms with Crippen LogP contribution in [0.15, 0.2) is 36.4 Å². The molecule has 0 aliphatic rings. The zero-order valence-corrected chi connectivity index (χ0v) is 11.3. The maximum absolute atomic E-state index is 5.61. The molecule has 2 heteroatoms. The van der Waals surface area contributed by atoms with Crippen molar-refractivity contribution >= 4 is 11.3 Å². The second-order valence-electron chi connectivity index (χ2n) is 4.55. The highest BCUT2D eigenvalue weighted by Crippen LogP contribution is 2.33. The van der Waals surface area contributed by atoms with Crippen molar-refractivity contribution in [1.82, 2.24) is 0 Å². The molecular formula is C15H19NS. The van der Waals surface area contributed by atoms with Gasteiger partial charge in [-0.3, -0.25) is 0 Å². The van der Waals surface area contributed by atoms with E-state index in [9.17, 15) is 0 Å². The molecule has 0 saturated carbocycles. The van der Waals surface area contributed by atoms with Gasteiger partial charge in [-0.1, -0.05) is 36.8 Å². The summed E-state index contributed by atoms with van der Waals surface area (Å²) in [7, 11) is 0. The fraction of sp³-hybridized carbons (Fsp3) is 0.333. The van der Waals surface area contributed by atoms with Crippen molar-refractivity contribution in [2.45, 2.75) is 26.2 Å². The van der Waals surface area contributed by atoms with Gasteiger partial charge in [-0.2, -0.15) is 0 Å². The molecule has 1 unspecified atom stereocenters. The van der Waals surface area contributed by atoms with E-state index in [0.29, 0.717) is 5.92 Å². The van der Waals surface area contributed by atoms with Gasteiger partial charge in [0.15, 0.2) is 0 Å². The monoisotopic (exact) mass is 245 g/mol. The maximum atomic E-state index is 5.61. The largest absolute Gasteiger partial charge is 0.330 e. The van der Waals surface area contributed by atoms with Crippen molar-refractivity contribution in [2.24, 2.45) is 5.73 Å². The number of thiophene rings is 1. The minimum atomic E-state index is 0.573. The van der Waals surface area contributed by atoms with E-state index in [1.165, 1.54) is 20.9 Å². The second kappa shape index (κ2) is 5.48. The quantitative estimate of drug-likeness (QED) is 0.859. The Balaban J connectivity index is 2.20. The van der Waals surface area contributed by atoms with Gasteiger partial charge in [0.1, 0.15) is 0 Å². The summed E-state index contributed by atoms with van der Waals surface area (Å²) >= 11 is 1.88. The molecule has 0 fully saturated rings. The summed E-state index contributed by atoms with van der Waals surface area (Å²) in [6.07, 6.45) is 1.06. The second-order valence-corrected chi connectivity index (χ2v) is 5.66. The number of aryl methyl sites for hydroxylation is 1. The lowest BCUT2D eigenvalue weighted by molar-refractivity contribution is 0.701. The molecule has 0 radical (unpaired) electrons. The predicted molar refractivity (Wildman–Crippen MR) is 76.6 cm³/mol. The Hall–Kier alpha value is -1.12. The van der Waals surface area contributed by atoms with Crippen LogP contribution in [0.5, 0.6) is 0 Å². The summed E-state index contributed by atoms with van der Waals surface area (Å²) in [6, 6.07) is 13.2. The van der Waals surface area contributed by atoms with Crippen LogP contribution in [-0.2, 0) is 0 Å². The number of benzene rings is 1. The van der Waals surface area contributed by atoms with Gasteiger partial charge >= 0.3 is 0 Å². The van der Waals surface area contributed by atoms with Crippen LogP contribution in [-0.4, -0.2) is 6.54 Å². The third-order valence-corrected chi connectivity index (χ3v) is 4.41. The van der Waals surface area contributed by atoms with Crippen LogP contribution in [0.2, 0.25) is 0 Å². The fourth-order valence-electron chi connectivity index (χ4n) is 1.88. The summed E-state index contributed by atoms with van der Waals surface area (Å²) in [5.74, 6) is 0.573. The van der Waals surface area contributed by atoms with Gasteiger partial charge in [0.2, 0.25) is 0 Å². The lowest BCUT2D eigenvalue weighted by Crippen LogP contribution is -2.03. The maximum Gasteiger partial charge on any atom is 0.0345 e. The van der Waals surface area contributed by atoms with Crippen LogP contribution in [0, 0.1) is 6.92 Å². The number of nitrogens with two attached hydrogens (primary N) is 1. The van der Waals surface area contributed by atoms with Gasteiger partial charge in [0.05, 0.1) is 0 Å². The third-order valence-electron chi connectivity index (χ3n) is 3.05. The Kier molecular flexibility index (Phi) is 3.97. The fourth-order valence-corrected chi connectivity index (χ4v) is 2.98. The van der Waals surface area contributed by atoms with Crippen LogP contribution in [0.1, 0.15) is 29.7 Å². The van der Waals surface area contributed by atoms with Crippen LogP contribution >= 0.6 is 11.3 Å². The highest BCUT2D eigenvalue weighted by Gasteiger charge is 2.08. The molecule has 0 spiro atoms. The molecule has 17 heavy (non-hydrogen) atoms. The third kappa shape index (κ3) is 2.96. The van der Waals surface area contributed by atoms with Gasteiger partial charge in [-0.15, -0.1) is 11.3 Å². The number of hydrogen-bond acceptors (Lipinski definition) is 2. The summed E-state index contributed by atoms with van der Waals surface area (Å²) in [6.45, 7) is 5.13. The number of rotatable bonds is 4. The van der Waals surface area contributed by atoms with E-state index in [-0.39, 0.29) is 0 Å². The van der Waals surface area contributed by atoms with E-state index in [2.05, 4.69) is 50.2 Å². The van der Waals surface area contributed by atoms with Crippen molar-refractivity contribution < 1.29 is 0 Å². The van der Waals surface area contributed by atoms with Gasteiger partial charge in [0.25, 0.3) is 0 Å². The molecule has 0 amide bonds. The number of hydrogen-bond donors (Lipinski definition) is 1. The summed E-state index contributed by atoms with van der Waals surface area (Å²) in [5.41, 5.74) is 8.23. The van der Waals surface area contributed by atoms with Crippen LogP contribution < -0.4 is 5.73 Å². The zero-order chi connectivity index (χ0) is 12.3. The van der Waals surface area contributed by atoms with Gasteiger partial charge in [-0.05, 0) is 43.5 Å². The van der Waals surface area contributed by atoms with Crippen LogP contribution in [0.25, 0.3) is 10.4 Å². The Morgan fingerprint density at radius 3 is 2.47 bits per heavy atom. The topological polar surface area (TPSA) is 26.0 Å². The van der Waals surface area contributed by atoms with E-state index in [0.717, 1.165) is 13.0 Å². The van der Waals surface area contributed by atoms with Gasteiger partial charge in [-0.25, -0.2) is 0 Å². The van der Waals surface area contributed by atoms with E-state index >= 15 is 0 Å². The molecule has 0 bridgehead atoms. The Labute approximate surface area is 107 Å². The van der Waals surface area contributed by atoms with E-state index in [1.54, 1.807) is 0 Å². The zero-order valence-electron chi connectivity index (χ0n) is 10.4. The Morgan fingerprint density at radius 2 is 1.82 bits per heavy atom. The lowest BCUT2D eigenvalue weighted by atomic mass is 10.1. The molecule has 2 aromatic rings. The van der Waals surface area contributed by atoms with E-state index in [1.807, 2.05) is 11.3 Å². The standard InChI is InChI=1S/C15H19NS/c1-11-3-5-13(6-4-11)15-8-7-14(17-15)12(2)9-10-16/h3-8,12H,9-10,16H2,1-2H3. The first kappa shape index (κ1) is 12.3. The summed E-state index contributed by atoms with van der Waals surface area (Å²) in [5, 5.41) is 0. The average molecular weight is 245 g/mol. The Bertz CT molecular complexity index is 470. The molecule has 0 aliphatic heterocycles. The molecule has 2 N–H and O–H groups in total. The minimum Gasteiger partial charge on any atom is -0.330 e. The van der Waals surface area contributed by atoms with Crippen molar-refractivity contribution in [3.8, 4) is 10.4 Å². The first-order valence-corrected chi connectivity index (χ1v) is 6.89. The first-order chi connectivity index (χ1) is 8.20. The van der Waals surface area contributed by atoms with Crippen molar-refractivity contribution in [3.05, 3.63) is 46.8 Å². The molecule has 1 heterocycles. The molecule has 1 aromatic heterocycles. The lowest BCUT2D eigenvalue weighted by Gasteiger charge is -2.06. The van der Waals surface area contributed by atoms with Crippen molar-refractivity contribution in [1.29, 1.82) is 0 Å². The van der Waals surface area contributed by atoms with Gasteiger partial charge < -0.3 is 5.73 Å². The smallest absolute Gasteiger partial charge is 0.0345 e. The molecule has 0 saturated heterocycles. The highest BCUT2D eigenvalue weighted by atomic mass is 32.1. The van der Waals surface area contributed by atoms with E-state index < -0.39 is 0 Å². The molecule has 1 aromatic carbocycles. The minimum absolute atomic E-state index is 0.573. The predicted octanol–water partition coefficient (Wildman–Crippen LogP) is 4.18. The molecule has 0 aliphatic carbocycles. The normalized spacial score (nSPS) is 12.6. The van der Waals surface area contributed by atoms with Crippen molar-refractivity contribution in [2.75, 3.05) is 6.54 Å². The van der Waals surface area contributed by atoms with Crippen LogP contribution in [0.4, 0.5) is 0 Å². The molecular weight excluding hydrogens is 226 g/mol. The molecule has 1 nitrogen and oxygen atoms in total. The highest BCUT2D eigenvalue weighted by molar-refractivity contribution is 7.15. The molecule has 1 atom stereocenters. The SMILES string of the molecule is Cc1ccc(-c2ccc(C(C)CCN)s2)cc1. The summed E-state index contributed by atoms with van der Waals surface area (Å²) < 4.78 is 0. The first-order valence-electron chi connectivity index (χ1n) is 6.07. The van der Waals surface area contributed by atoms with Gasteiger partial charge in [0, 0.05) is 9.75 Å². The molecule has 90 valence electrons.